The third kappa shape index (κ3) is 2.44. The Labute approximate surface area is 97.4 Å². The van der Waals surface area contributed by atoms with Gasteiger partial charge in [-0.1, -0.05) is 0 Å². The summed E-state index contributed by atoms with van der Waals surface area (Å²) < 4.78 is 36.0. The molecule has 0 aliphatic rings. The van der Waals surface area contributed by atoms with Crippen LogP contribution in [-0.2, 0) is 9.84 Å². The molecule has 1 aromatic carbocycles. The first-order valence-corrected chi connectivity index (χ1v) is 6.57. The van der Waals surface area contributed by atoms with Gasteiger partial charge in [-0.25, -0.2) is 12.8 Å². The number of sulfone groups is 1. The number of nitrogens with one attached hydrogen (secondary N) is 1. The van der Waals surface area contributed by atoms with Crippen molar-refractivity contribution < 1.29 is 12.8 Å². The Morgan fingerprint density at radius 1 is 1.29 bits per heavy atom. The molecule has 0 amide bonds. The van der Waals surface area contributed by atoms with E-state index >= 15 is 0 Å². The zero-order valence-electron chi connectivity index (χ0n) is 8.94. The molecule has 17 heavy (non-hydrogen) atoms. The molecular formula is C10H10FN3O2S. The van der Waals surface area contributed by atoms with Gasteiger partial charge in [0.15, 0.2) is 9.84 Å². The summed E-state index contributed by atoms with van der Waals surface area (Å²) in [6, 6.07) is 5.05. The van der Waals surface area contributed by atoms with Crippen molar-refractivity contribution >= 4 is 15.7 Å². The quantitative estimate of drug-likeness (QED) is 0.843. The molecular weight excluding hydrogens is 245 g/mol. The molecule has 0 radical (unpaired) electrons. The van der Waals surface area contributed by atoms with Crippen LogP contribution in [0.3, 0.4) is 0 Å². The van der Waals surface area contributed by atoms with Crippen molar-refractivity contribution in [3.8, 4) is 11.3 Å². The number of rotatable bonds is 2. The Hall–Kier alpha value is -1.89. The van der Waals surface area contributed by atoms with Crippen LogP contribution in [0.2, 0.25) is 0 Å². The Morgan fingerprint density at radius 2 is 2.00 bits per heavy atom. The standard InChI is InChI=1S/C10H10FN3O2S/c1-17(15,16)8-3-6(2-7(11)4-8)9-5-10(12)14-13-9/h2-5H,1H3,(H3,12,13,14). The molecule has 1 aromatic heterocycles. The molecule has 0 spiro atoms. The van der Waals surface area contributed by atoms with Gasteiger partial charge in [-0.2, -0.15) is 5.10 Å². The number of nitrogens with zero attached hydrogens (tertiary/aromatic N) is 1. The minimum atomic E-state index is -3.45. The molecule has 2 rings (SSSR count). The van der Waals surface area contributed by atoms with E-state index in [9.17, 15) is 12.8 Å². The van der Waals surface area contributed by atoms with E-state index in [0.29, 0.717) is 11.3 Å². The van der Waals surface area contributed by atoms with E-state index < -0.39 is 15.7 Å². The summed E-state index contributed by atoms with van der Waals surface area (Å²) in [5, 5.41) is 6.29. The molecule has 0 aliphatic carbocycles. The number of aromatic amines is 1. The molecule has 7 heteroatoms. The third-order valence-corrected chi connectivity index (χ3v) is 3.30. The highest BCUT2D eigenvalue weighted by Gasteiger charge is 2.12. The lowest BCUT2D eigenvalue weighted by molar-refractivity contribution is 0.596. The van der Waals surface area contributed by atoms with Crippen LogP contribution in [0.25, 0.3) is 11.3 Å². The lowest BCUT2D eigenvalue weighted by Crippen LogP contribution is -1.98. The fraction of sp³-hybridized carbons (Fsp3) is 0.100. The van der Waals surface area contributed by atoms with Crippen LogP contribution in [0.1, 0.15) is 0 Å². The molecule has 0 fully saturated rings. The molecule has 0 aliphatic heterocycles. The average molecular weight is 255 g/mol. The SMILES string of the molecule is CS(=O)(=O)c1cc(F)cc(-c2cc(N)n[nH]2)c1. The van der Waals surface area contributed by atoms with Gasteiger partial charge in [0.05, 0.1) is 10.6 Å². The first-order chi connectivity index (χ1) is 7.86. The topological polar surface area (TPSA) is 88.8 Å². The second-order valence-electron chi connectivity index (χ2n) is 3.65. The molecule has 0 bridgehead atoms. The lowest BCUT2D eigenvalue weighted by atomic mass is 10.1. The molecule has 0 saturated carbocycles. The van der Waals surface area contributed by atoms with Gasteiger partial charge in [-0.05, 0) is 18.2 Å². The first-order valence-electron chi connectivity index (χ1n) is 4.68. The molecule has 5 nitrogen and oxygen atoms in total. The Kier molecular flexibility index (Phi) is 2.62. The highest BCUT2D eigenvalue weighted by Crippen LogP contribution is 2.23. The number of nitrogen functional groups attached to an aromatic ring is 1. The first kappa shape index (κ1) is 11.6. The highest BCUT2D eigenvalue weighted by atomic mass is 32.2. The van der Waals surface area contributed by atoms with Crippen molar-refractivity contribution in [3.05, 3.63) is 30.1 Å². The molecule has 0 atom stereocenters. The molecule has 0 saturated heterocycles. The summed E-state index contributed by atoms with van der Waals surface area (Å²) in [7, 11) is -3.45. The van der Waals surface area contributed by atoms with Crippen LogP contribution in [0, 0.1) is 5.82 Å². The maximum absolute atomic E-state index is 13.3. The minimum absolute atomic E-state index is 0.0827. The van der Waals surface area contributed by atoms with E-state index in [2.05, 4.69) is 10.2 Å². The monoisotopic (exact) mass is 255 g/mol. The number of H-pyrrole nitrogens is 1. The predicted molar refractivity (Wildman–Crippen MR) is 61.5 cm³/mol. The van der Waals surface area contributed by atoms with Gasteiger partial charge >= 0.3 is 0 Å². The second-order valence-corrected chi connectivity index (χ2v) is 5.67. The zero-order chi connectivity index (χ0) is 12.6. The van der Waals surface area contributed by atoms with Crippen LogP contribution in [-0.4, -0.2) is 24.9 Å². The van der Waals surface area contributed by atoms with E-state index in [-0.39, 0.29) is 10.7 Å². The van der Waals surface area contributed by atoms with Crippen LogP contribution >= 0.6 is 0 Å². The average Bonchev–Trinajstić information content (AvgIpc) is 2.62. The third-order valence-electron chi connectivity index (χ3n) is 2.21. The number of nitrogens with two attached hydrogens (primary N) is 1. The largest absolute Gasteiger partial charge is 0.382 e. The van der Waals surface area contributed by atoms with E-state index in [4.69, 9.17) is 5.73 Å². The molecule has 0 unspecified atom stereocenters. The van der Waals surface area contributed by atoms with Gasteiger partial charge in [0, 0.05) is 17.9 Å². The lowest BCUT2D eigenvalue weighted by Gasteiger charge is -2.02. The number of anilines is 1. The normalized spacial score (nSPS) is 11.6. The summed E-state index contributed by atoms with van der Waals surface area (Å²) in [5.74, 6) is -0.374. The number of halogens is 1. The predicted octanol–water partition coefficient (Wildman–Crippen LogP) is 1.20. The summed E-state index contributed by atoms with van der Waals surface area (Å²) in [5.41, 5.74) is 6.27. The maximum Gasteiger partial charge on any atom is 0.175 e. The van der Waals surface area contributed by atoms with Gasteiger partial charge in [-0.3, -0.25) is 5.10 Å². The number of hydrogen-bond donors (Lipinski definition) is 2. The highest BCUT2D eigenvalue weighted by molar-refractivity contribution is 7.90. The van der Waals surface area contributed by atoms with Crippen molar-refractivity contribution in [2.24, 2.45) is 0 Å². The van der Waals surface area contributed by atoms with E-state index in [1.165, 1.54) is 18.2 Å². The number of hydrogen-bond acceptors (Lipinski definition) is 4. The van der Waals surface area contributed by atoms with Crippen molar-refractivity contribution in [3.63, 3.8) is 0 Å². The summed E-state index contributed by atoms with van der Waals surface area (Å²) in [4.78, 5) is -0.0827. The molecule has 2 aromatic rings. The minimum Gasteiger partial charge on any atom is -0.382 e. The van der Waals surface area contributed by atoms with Gasteiger partial charge in [0.1, 0.15) is 11.6 Å². The summed E-state index contributed by atoms with van der Waals surface area (Å²) in [6.45, 7) is 0. The van der Waals surface area contributed by atoms with Gasteiger partial charge in [-0.15, -0.1) is 0 Å². The maximum atomic E-state index is 13.3. The van der Waals surface area contributed by atoms with Crippen molar-refractivity contribution in [1.29, 1.82) is 0 Å². The summed E-state index contributed by atoms with van der Waals surface area (Å²) in [6.07, 6.45) is 1.02. The summed E-state index contributed by atoms with van der Waals surface area (Å²) >= 11 is 0. The Balaban J connectivity index is 2.60. The van der Waals surface area contributed by atoms with Gasteiger partial charge in [0.25, 0.3) is 0 Å². The zero-order valence-corrected chi connectivity index (χ0v) is 9.75. The van der Waals surface area contributed by atoms with Crippen LogP contribution in [0.4, 0.5) is 10.2 Å². The van der Waals surface area contributed by atoms with E-state index in [1.807, 2.05) is 0 Å². The fourth-order valence-electron chi connectivity index (χ4n) is 1.42. The number of aromatic nitrogens is 2. The van der Waals surface area contributed by atoms with Crippen LogP contribution in [0.15, 0.2) is 29.2 Å². The van der Waals surface area contributed by atoms with Crippen molar-refractivity contribution in [2.45, 2.75) is 4.90 Å². The molecule has 3 N–H and O–H groups in total. The van der Waals surface area contributed by atoms with Crippen molar-refractivity contribution in [1.82, 2.24) is 10.2 Å². The van der Waals surface area contributed by atoms with Crippen LogP contribution < -0.4 is 5.73 Å². The van der Waals surface area contributed by atoms with Crippen LogP contribution in [0.5, 0.6) is 0 Å². The van der Waals surface area contributed by atoms with Gasteiger partial charge in [0.2, 0.25) is 0 Å². The Bertz CT molecular complexity index is 664. The molecule has 1 heterocycles. The Morgan fingerprint density at radius 3 is 2.53 bits per heavy atom. The number of benzene rings is 1. The van der Waals surface area contributed by atoms with Crippen molar-refractivity contribution in [2.75, 3.05) is 12.0 Å². The smallest absolute Gasteiger partial charge is 0.175 e. The van der Waals surface area contributed by atoms with E-state index in [1.54, 1.807) is 0 Å². The van der Waals surface area contributed by atoms with Gasteiger partial charge < -0.3 is 5.73 Å². The fourth-order valence-corrected chi connectivity index (χ4v) is 2.09. The second kappa shape index (κ2) is 3.85. The van der Waals surface area contributed by atoms with E-state index in [0.717, 1.165) is 12.3 Å². The molecule has 90 valence electrons.